The van der Waals surface area contributed by atoms with Crippen LogP contribution in [0.4, 0.5) is 0 Å². The molecular formula is C25H29NO6S. The van der Waals surface area contributed by atoms with Gasteiger partial charge in [-0.1, -0.05) is 6.92 Å². The number of methoxy groups -OCH3 is 1. The molecule has 0 aliphatic heterocycles. The summed E-state index contributed by atoms with van der Waals surface area (Å²) in [6.07, 6.45) is 0.870. The van der Waals surface area contributed by atoms with Crippen LogP contribution >= 0.6 is 11.3 Å². The quantitative estimate of drug-likeness (QED) is 0.329. The highest BCUT2D eigenvalue weighted by Gasteiger charge is 2.19. The molecule has 176 valence electrons. The monoisotopic (exact) mass is 471 g/mol. The third-order valence-corrected chi connectivity index (χ3v) is 5.69. The summed E-state index contributed by atoms with van der Waals surface area (Å²) in [5.41, 5.74) is 3.04. The Balaban J connectivity index is 1.99. The van der Waals surface area contributed by atoms with E-state index in [1.54, 1.807) is 6.07 Å². The largest absolute Gasteiger partial charge is 0.495 e. The smallest absolute Gasteiger partial charge is 0.339 e. The molecule has 1 N–H and O–H groups in total. The molecule has 7 nitrogen and oxygen atoms in total. The van der Waals surface area contributed by atoms with E-state index in [9.17, 15) is 9.90 Å². The van der Waals surface area contributed by atoms with Crippen molar-refractivity contribution in [1.29, 1.82) is 0 Å². The predicted octanol–water partition coefficient (Wildman–Crippen LogP) is 5.91. The summed E-state index contributed by atoms with van der Waals surface area (Å²) in [5.74, 6) is 0.610. The van der Waals surface area contributed by atoms with Crippen LogP contribution in [0.2, 0.25) is 0 Å². The Bertz CT molecular complexity index is 1090. The van der Waals surface area contributed by atoms with Crippen molar-refractivity contribution in [2.45, 2.75) is 33.8 Å². The standard InChI is InChI=1S/C25H29NO6S/c1-5-10-30-14-18-11-17(12-19(25(27)28)23(18)29-4)20-15-33-24(26-20)16-8-9-21(31-6-2)22(13-16)32-7-3/h8-9,11-13,15H,5-7,10,14H2,1-4H3,(H,27,28). The van der Waals surface area contributed by atoms with Gasteiger partial charge in [0.15, 0.2) is 11.5 Å². The van der Waals surface area contributed by atoms with E-state index in [2.05, 4.69) is 0 Å². The maximum absolute atomic E-state index is 11.9. The molecule has 1 heterocycles. The molecule has 2 aromatic carbocycles. The SMILES string of the molecule is CCCOCc1cc(-c2csc(-c3ccc(OCC)c(OCC)c3)n2)cc(C(=O)O)c1OC. The van der Waals surface area contributed by atoms with E-state index < -0.39 is 5.97 Å². The average molecular weight is 472 g/mol. The van der Waals surface area contributed by atoms with Crippen LogP contribution in [-0.2, 0) is 11.3 Å². The van der Waals surface area contributed by atoms with Crippen LogP contribution in [0.1, 0.15) is 43.1 Å². The minimum absolute atomic E-state index is 0.0827. The van der Waals surface area contributed by atoms with Crippen LogP contribution in [0.5, 0.6) is 17.2 Å². The maximum atomic E-state index is 11.9. The summed E-state index contributed by atoms with van der Waals surface area (Å²) in [6, 6.07) is 9.20. The zero-order valence-electron chi connectivity index (χ0n) is 19.3. The van der Waals surface area contributed by atoms with E-state index in [4.69, 9.17) is 23.9 Å². The van der Waals surface area contributed by atoms with Gasteiger partial charge in [-0.05, 0) is 50.6 Å². The molecule has 33 heavy (non-hydrogen) atoms. The molecule has 0 fully saturated rings. The van der Waals surface area contributed by atoms with Gasteiger partial charge in [0.05, 0.1) is 32.6 Å². The van der Waals surface area contributed by atoms with Crippen LogP contribution in [0, 0.1) is 0 Å². The first-order valence-electron chi connectivity index (χ1n) is 10.9. The lowest BCUT2D eigenvalue weighted by Crippen LogP contribution is -2.06. The molecule has 0 spiro atoms. The third kappa shape index (κ3) is 5.83. The van der Waals surface area contributed by atoms with Crippen LogP contribution in [0.15, 0.2) is 35.7 Å². The maximum Gasteiger partial charge on any atom is 0.339 e. The Morgan fingerprint density at radius 3 is 2.45 bits per heavy atom. The van der Waals surface area contributed by atoms with Gasteiger partial charge in [0.25, 0.3) is 0 Å². The van der Waals surface area contributed by atoms with E-state index in [0.717, 1.165) is 17.0 Å². The van der Waals surface area contributed by atoms with Crippen LogP contribution in [0.25, 0.3) is 21.8 Å². The summed E-state index contributed by atoms with van der Waals surface area (Å²) < 4.78 is 22.4. The van der Waals surface area contributed by atoms with Crippen molar-refractivity contribution in [3.63, 3.8) is 0 Å². The van der Waals surface area contributed by atoms with Crippen molar-refractivity contribution in [3.8, 4) is 39.1 Å². The lowest BCUT2D eigenvalue weighted by molar-refractivity contribution is 0.0692. The highest BCUT2D eigenvalue weighted by molar-refractivity contribution is 7.13. The van der Waals surface area contributed by atoms with Crippen molar-refractivity contribution >= 4 is 17.3 Å². The second kappa shape index (κ2) is 11.7. The number of rotatable bonds is 12. The number of ether oxygens (including phenoxy) is 4. The van der Waals surface area contributed by atoms with Gasteiger partial charge in [0.1, 0.15) is 16.3 Å². The average Bonchev–Trinajstić information content (AvgIpc) is 3.30. The van der Waals surface area contributed by atoms with Crippen molar-refractivity contribution in [1.82, 2.24) is 4.98 Å². The minimum atomic E-state index is -1.06. The number of carbonyl (C=O) groups is 1. The molecule has 0 unspecified atom stereocenters. The number of carboxylic acids is 1. The zero-order chi connectivity index (χ0) is 23.8. The fraction of sp³-hybridized carbons (Fsp3) is 0.360. The van der Waals surface area contributed by atoms with Gasteiger partial charge in [-0.3, -0.25) is 0 Å². The van der Waals surface area contributed by atoms with E-state index in [0.29, 0.717) is 53.9 Å². The number of aromatic carboxylic acids is 1. The van der Waals surface area contributed by atoms with Crippen molar-refractivity contribution in [2.75, 3.05) is 26.9 Å². The highest BCUT2D eigenvalue weighted by atomic mass is 32.1. The van der Waals surface area contributed by atoms with Crippen LogP contribution < -0.4 is 14.2 Å². The molecule has 0 aliphatic carbocycles. The predicted molar refractivity (Wildman–Crippen MR) is 129 cm³/mol. The number of aromatic nitrogens is 1. The van der Waals surface area contributed by atoms with E-state index >= 15 is 0 Å². The van der Waals surface area contributed by atoms with Gasteiger partial charge >= 0.3 is 5.97 Å². The zero-order valence-corrected chi connectivity index (χ0v) is 20.2. The Kier molecular flexibility index (Phi) is 8.68. The fourth-order valence-electron chi connectivity index (χ4n) is 3.39. The second-order valence-electron chi connectivity index (χ2n) is 7.14. The molecule has 0 amide bonds. The van der Waals surface area contributed by atoms with Gasteiger partial charge in [-0.2, -0.15) is 0 Å². The summed E-state index contributed by atoms with van der Waals surface area (Å²) in [7, 11) is 1.47. The van der Waals surface area contributed by atoms with Crippen molar-refractivity contribution in [2.24, 2.45) is 0 Å². The van der Waals surface area contributed by atoms with Gasteiger partial charge in [0, 0.05) is 28.7 Å². The fourth-order valence-corrected chi connectivity index (χ4v) is 4.22. The Hall–Kier alpha value is -3.10. The van der Waals surface area contributed by atoms with Crippen molar-refractivity contribution in [3.05, 3.63) is 46.8 Å². The molecule has 0 saturated carbocycles. The van der Waals surface area contributed by atoms with Crippen LogP contribution in [-0.4, -0.2) is 43.0 Å². The van der Waals surface area contributed by atoms with E-state index in [1.807, 2.05) is 50.4 Å². The summed E-state index contributed by atoms with van der Waals surface area (Å²) in [6.45, 7) is 7.79. The first-order chi connectivity index (χ1) is 16.0. The minimum Gasteiger partial charge on any atom is -0.495 e. The first-order valence-corrected chi connectivity index (χ1v) is 11.8. The van der Waals surface area contributed by atoms with Crippen molar-refractivity contribution < 1.29 is 28.8 Å². The van der Waals surface area contributed by atoms with Gasteiger partial charge < -0.3 is 24.1 Å². The molecule has 8 heteroatoms. The van der Waals surface area contributed by atoms with Crippen LogP contribution in [0.3, 0.4) is 0 Å². The van der Waals surface area contributed by atoms with Gasteiger partial charge in [-0.25, -0.2) is 9.78 Å². The normalized spacial score (nSPS) is 10.8. The number of hydrogen-bond acceptors (Lipinski definition) is 7. The molecule has 0 atom stereocenters. The lowest BCUT2D eigenvalue weighted by Gasteiger charge is -2.14. The molecule has 0 bridgehead atoms. The molecule has 1 aromatic heterocycles. The Morgan fingerprint density at radius 2 is 1.79 bits per heavy atom. The summed E-state index contributed by atoms with van der Waals surface area (Å²) >= 11 is 1.48. The molecule has 0 aliphatic rings. The third-order valence-electron chi connectivity index (χ3n) is 4.80. The van der Waals surface area contributed by atoms with E-state index in [-0.39, 0.29) is 12.2 Å². The number of hydrogen-bond donors (Lipinski definition) is 1. The van der Waals surface area contributed by atoms with E-state index in [1.165, 1.54) is 18.4 Å². The summed E-state index contributed by atoms with van der Waals surface area (Å²) in [4.78, 5) is 16.7. The number of carboxylic acid groups (broad SMARTS) is 1. The molecule has 3 rings (SSSR count). The summed E-state index contributed by atoms with van der Waals surface area (Å²) in [5, 5.41) is 12.4. The molecule has 0 saturated heterocycles. The molecular weight excluding hydrogens is 442 g/mol. The molecule has 0 radical (unpaired) electrons. The Labute approximate surface area is 197 Å². The lowest BCUT2D eigenvalue weighted by atomic mass is 10.0. The number of thiazole rings is 1. The Morgan fingerprint density at radius 1 is 1.03 bits per heavy atom. The first kappa shape index (κ1) is 24.5. The number of benzene rings is 2. The van der Waals surface area contributed by atoms with Gasteiger partial charge in [-0.15, -0.1) is 11.3 Å². The van der Waals surface area contributed by atoms with Gasteiger partial charge in [0.2, 0.25) is 0 Å². The second-order valence-corrected chi connectivity index (χ2v) is 8.00. The number of nitrogens with zero attached hydrogens (tertiary/aromatic N) is 1. The highest BCUT2D eigenvalue weighted by Crippen LogP contribution is 2.37. The molecule has 3 aromatic rings. The topological polar surface area (TPSA) is 87.1 Å².